The lowest BCUT2D eigenvalue weighted by Crippen LogP contribution is -2.30. The lowest BCUT2D eigenvalue weighted by Gasteiger charge is -2.18. The molecule has 0 spiro atoms. The first-order chi connectivity index (χ1) is 33.5. The van der Waals surface area contributed by atoms with Crippen LogP contribution >= 0.6 is 0 Å². The van der Waals surface area contributed by atoms with Crippen molar-refractivity contribution in [1.29, 1.82) is 0 Å². The molecule has 0 heterocycles. The molecule has 0 aliphatic rings. The van der Waals surface area contributed by atoms with Gasteiger partial charge in [-0.25, -0.2) is 0 Å². The van der Waals surface area contributed by atoms with E-state index in [2.05, 4.69) is 142 Å². The van der Waals surface area contributed by atoms with E-state index in [9.17, 15) is 14.4 Å². The van der Waals surface area contributed by atoms with Crippen molar-refractivity contribution in [2.75, 3.05) is 13.2 Å². The summed E-state index contributed by atoms with van der Waals surface area (Å²) in [6.45, 7) is 6.33. The second-order valence-corrected chi connectivity index (χ2v) is 17.7. The highest BCUT2D eigenvalue weighted by molar-refractivity contribution is 5.71. The maximum absolute atomic E-state index is 12.8. The van der Waals surface area contributed by atoms with Gasteiger partial charge in [0, 0.05) is 19.3 Å². The summed E-state index contributed by atoms with van der Waals surface area (Å²) in [5.41, 5.74) is 0. The molecule has 0 rings (SSSR count). The van der Waals surface area contributed by atoms with Gasteiger partial charge < -0.3 is 14.2 Å². The van der Waals surface area contributed by atoms with E-state index in [1.165, 1.54) is 70.6 Å². The number of unbranched alkanes of at least 4 members (excludes halogenated alkanes) is 17. The van der Waals surface area contributed by atoms with Crippen LogP contribution in [0.1, 0.15) is 233 Å². The number of carbonyl (C=O) groups is 3. The minimum Gasteiger partial charge on any atom is -0.462 e. The van der Waals surface area contributed by atoms with Crippen molar-refractivity contribution in [3.63, 3.8) is 0 Å². The molecule has 0 saturated heterocycles. The molecule has 0 amide bonds. The van der Waals surface area contributed by atoms with E-state index in [1.807, 2.05) is 0 Å². The fourth-order valence-electron chi connectivity index (χ4n) is 7.15. The Morgan fingerprint density at radius 3 is 0.941 bits per heavy atom. The SMILES string of the molecule is CC/C=C\C/C=C\C/C=C\C/C=C\C/C=C\CCCCCC(=O)OC[C@@H](COC(=O)CCCCCCCCCCCCCCCC)OC(=O)CCC/C=C\C/C=C\C/C=C\C/C=C\C/C=C\CC. The predicted octanol–water partition coefficient (Wildman–Crippen LogP) is 18.5. The van der Waals surface area contributed by atoms with Gasteiger partial charge in [0.25, 0.3) is 0 Å². The molecular formula is C62H100O6. The first-order valence-corrected chi connectivity index (χ1v) is 27.5. The van der Waals surface area contributed by atoms with Crippen LogP contribution in [0.3, 0.4) is 0 Å². The zero-order valence-electron chi connectivity index (χ0n) is 43.8. The highest BCUT2D eigenvalue weighted by Gasteiger charge is 2.19. The summed E-state index contributed by atoms with van der Waals surface area (Å²) in [5.74, 6) is -1.01. The van der Waals surface area contributed by atoms with Gasteiger partial charge in [-0.05, 0) is 103 Å². The third kappa shape index (κ3) is 52.8. The highest BCUT2D eigenvalue weighted by Crippen LogP contribution is 2.14. The summed E-state index contributed by atoms with van der Waals surface area (Å²) in [5, 5.41) is 0. The zero-order chi connectivity index (χ0) is 49.3. The van der Waals surface area contributed by atoms with E-state index in [-0.39, 0.29) is 37.5 Å². The van der Waals surface area contributed by atoms with Crippen molar-refractivity contribution in [3.8, 4) is 0 Å². The molecule has 0 saturated carbocycles. The maximum atomic E-state index is 12.8. The number of rotatable bonds is 48. The van der Waals surface area contributed by atoms with Crippen LogP contribution in [0.25, 0.3) is 0 Å². The van der Waals surface area contributed by atoms with Crippen molar-refractivity contribution >= 4 is 17.9 Å². The van der Waals surface area contributed by atoms with Crippen molar-refractivity contribution in [3.05, 3.63) is 122 Å². The smallest absolute Gasteiger partial charge is 0.306 e. The Morgan fingerprint density at radius 2 is 0.588 bits per heavy atom. The molecule has 0 aliphatic heterocycles. The molecule has 0 aromatic rings. The van der Waals surface area contributed by atoms with Gasteiger partial charge in [-0.15, -0.1) is 0 Å². The summed E-state index contributed by atoms with van der Waals surface area (Å²) in [7, 11) is 0. The molecule has 0 aromatic carbocycles. The lowest BCUT2D eigenvalue weighted by molar-refractivity contribution is -0.167. The van der Waals surface area contributed by atoms with Gasteiger partial charge in [0.15, 0.2) is 6.10 Å². The van der Waals surface area contributed by atoms with E-state index in [0.717, 1.165) is 116 Å². The number of hydrogen-bond acceptors (Lipinski definition) is 6. The summed E-state index contributed by atoms with van der Waals surface area (Å²) < 4.78 is 16.8. The van der Waals surface area contributed by atoms with Gasteiger partial charge >= 0.3 is 17.9 Å². The molecule has 68 heavy (non-hydrogen) atoms. The van der Waals surface area contributed by atoms with Crippen LogP contribution in [0.5, 0.6) is 0 Å². The van der Waals surface area contributed by atoms with E-state index < -0.39 is 6.10 Å². The normalized spacial score (nSPS) is 13.0. The van der Waals surface area contributed by atoms with Gasteiger partial charge in [0.1, 0.15) is 13.2 Å². The summed E-state index contributed by atoms with van der Waals surface area (Å²) >= 11 is 0. The number of allylic oxidation sites excluding steroid dienone is 20. The van der Waals surface area contributed by atoms with E-state index in [4.69, 9.17) is 14.2 Å². The molecule has 0 aromatic heterocycles. The van der Waals surface area contributed by atoms with Gasteiger partial charge in [-0.2, -0.15) is 0 Å². The molecule has 0 bridgehead atoms. The molecule has 0 radical (unpaired) electrons. The molecule has 6 heteroatoms. The topological polar surface area (TPSA) is 78.9 Å². The molecule has 1 atom stereocenters. The van der Waals surface area contributed by atoms with E-state index in [0.29, 0.717) is 19.3 Å². The molecule has 0 fully saturated rings. The van der Waals surface area contributed by atoms with Crippen molar-refractivity contribution in [2.24, 2.45) is 0 Å². The average molecular weight is 941 g/mol. The predicted molar refractivity (Wildman–Crippen MR) is 293 cm³/mol. The monoisotopic (exact) mass is 941 g/mol. The molecule has 0 aliphatic carbocycles. The standard InChI is InChI=1S/C62H100O6/c1-4-7-10-13-16-19-22-25-28-30-31-33-34-37-40-43-46-49-52-55-61(64)67-58-59(57-66-60(63)54-51-48-45-42-39-36-27-24-21-18-15-12-9-6-3)68-62(65)56-53-50-47-44-41-38-35-32-29-26-23-20-17-14-11-8-5-2/h7-8,10-11,16-17,19-20,25-26,28-29,31,33,35,37-38,40,44,47,59H,4-6,9,12-15,18,21-24,27,30,32,34,36,39,41-43,45-46,48-58H2,1-3H3/b10-7-,11-8-,19-16-,20-17-,28-25-,29-26-,33-31-,38-35-,40-37-,47-44-/t59-/m1/s1. The zero-order valence-corrected chi connectivity index (χ0v) is 43.8. The second-order valence-electron chi connectivity index (χ2n) is 17.7. The summed E-state index contributed by atoms with van der Waals surface area (Å²) in [6.07, 6.45) is 76.2. The largest absolute Gasteiger partial charge is 0.462 e. The molecule has 0 N–H and O–H groups in total. The summed E-state index contributed by atoms with van der Waals surface area (Å²) in [6, 6.07) is 0. The second kappa shape index (κ2) is 55.4. The lowest BCUT2D eigenvalue weighted by atomic mass is 10.0. The number of carbonyl (C=O) groups excluding carboxylic acids is 3. The average Bonchev–Trinajstić information content (AvgIpc) is 3.34. The number of hydrogen-bond donors (Lipinski definition) is 0. The van der Waals surface area contributed by atoms with Gasteiger partial charge in [0.05, 0.1) is 0 Å². The Morgan fingerprint density at radius 1 is 0.309 bits per heavy atom. The fourth-order valence-corrected chi connectivity index (χ4v) is 7.15. The van der Waals surface area contributed by atoms with Crippen LogP contribution in [-0.4, -0.2) is 37.2 Å². The van der Waals surface area contributed by atoms with Crippen LogP contribution in [0.2, 0.25) is 0 Å². The molecule has 6 nitrogen and oxygen atoms in total. The van der Waals surface area contributed by atoms with Crippen molar-refractivity contribution < 1.29 is 28.6 Å². The third-order valence-corrected chi connectivity index (χ3v) is 11.2. The minimum absolute atomic E-state index is 0.113. The molecular weight excluding hydrogens is 841 g/mol. The number of ether oxygens (including phenoxy) is 3. The van der Waals surface area contributed by atoms with Crippen LogP contribution in [-0.2, 0) is 28.6 Å². The van der Waals surface area contributed by atoms with Gasteiger partial charge in [-0.3, -0.25) is 14.4 Å². The Labute approximate surface area is 418 Å². The Bertz CT molecular complexity index is 1450. The van der Waals surface area contributed by atoms with Crippen molar-refractivity contribution in [2.45, 2.75) is 239 Å². The van der Waals surface area contributed by atoms with Crippen molar-refractivity contribution in [1.82, 2.24) is 0 Å². The fraction of sp³-hybridized carbons (Fsp3) is 0.629. The van der Waals surface area contributed by atoms with E-state index in [1.54, 1.807) is 0 Å². The molecule has 384 valence electrons. The van der Waals surface area contributed by atoms with Crippen LogP contribution in [0.4, 0.5) is 0 Å². The highest BCUT2D eigenvalue weighted by atomic mass is 16.6. The maximum Gasteiger partial charge on any atom is 0.306 e. The number of esters is 3. The van der Waals surface area contributed by atoms with Crippen LogP contribution in [0, 0.1) is 0 Å². The quantitative estimate of drug-likeness (QED) is 0.0262. The minimum atomic E-state index is -0.823. The first kappa shape index (κ1) is 63.8. The summed E-state index contributed by atoms with van der Waals surface area (Å²) in [4.78, 5) is 38.1. The Kier molecular flexibility index (Phi) is 52.0. The van der Waals surface area contributed by atoms with Gasteiger partial charge in [-0.1, -0.05) is 232 Å². The van der Waals surface area contributed by atoms with Gasteiger partial charge in [0.2, 0.25) is 0 Å². The third-order valence-electron chi connectivity index (χ3n) is 11.2. The Balaban J connectivity index is 4.55. The molecule has 0 unspecified atom stereocenters. The van der Waals surface area contributed by atoms with Crippen LogP contribution in [0.15, 0.2) is 122 Å². The van der Waals surface area contributed by atoms with Crippen LogP contribution < -0.4 is 0 Å². The Hall–Kier alpha value is -4.19. The first-order valence-electron chi connectivity index (χ1n) is 27.5. The van der Waals surface area contributed by atoms with E-state index >= 15 is 0 Å².